The van der Waals surface area contributed by atoms with Gasteiger partial charge in [-0.1, -0.05) is 0 Å². The lowest BCUT2D eigenvalue weighted by Gasteiger charge is -2.40. The van der Waals surface area contributed by atoms with Gasteiger partial charge >= 0.3 is 17.9 Å². The number of rotatable bonds is 8. The monoisotopic (exact) mass is 386 g/mol. The lowest BCUT2D eigenvalue weighted by molar-refractivity contribution is -0.883. The molecule has 152 valence electrons. The second kappa shape index (κ2) is 10.3. The highest BCUT2D eigenvalue weighted by atomic mass is 16.7. The Morgan fingerprint density at radius 2 is 1.59 bits per heavy atom. The van der Waals surface area contributed by atoms with Crippen molar-refractivity contribution in [1.29, 1.82) is 0 Å². The van der Waals surface area contributed by atoms with Crippen molar-refractivity contribution in [3.63, 3.8) is 0 Å². The van der Waals surface area contributed by atoms with Crippen molar-refractivity contribution in [3.05, 3.63) is 0 Å². The Morgan fingerprint density at radius 1 is 1.04 bits per heavy atom. The number of terminal acetylenes is 1. The first-order chi connectivity index (χ1) is 12.6. The normalized spacial score (nSPS) is 25.2. The maximum Gasteiger partial charge on any atom is 0.303 e. The van der Waals surface area contributed by atoms with Gasteiger partial charge in [-0.15, -0.1) is 6.42 Å². The van der Waals surface area contributed by atoms with E-state index >= 15 is 0 Å². The van der Waals surface area contributed by atoms with E-state index in [4.69, 9.17) is 30.1 Å². The number of ether oxygens (including phenoxy) is 5. The Bertz CT molecular complexity index is 582. The van der Waals surface area contributed by atoms with E-state index in [0.717, 1.165) is 0 Å². The average molecular weight is 386 g/mol. The van der Waals surface area contributed by atoms with Crippen molar-refractivity contribution >= 4 is 17.9 Å². The van der Waals surface area contributed by atoms with Gasteiger partial charge in [0.1, 0.15) is 13.1 Å². The lowest BCUT2D eigenvalue weighted by atomic mass is 10.0. The quantitative estimate of drug-likeness (QED) is 0.246. The van der Waals surface area contributed by atoms with E-state index in [9.17, 15) is 14.4 Å². The van der Waals surface area contributed by atoms with Gasteiger partial charge < -0.3 is 28.2 Å². The third-order valence-electron chi connectivity index (χ3n) is 3.80. The second-order valence-corrected chi connectivity index (χ2v) is 6.89. The van der Waals surface area contributed by atoms with Crippen LogP contribution in [0.15, 0.2) is 0 Å². The number of quaternary nitrogens is 1. The zero-order valence-electron chi connectivity index (χ0n) is 16.4. The zero-order valence-corrected chi connectivity index (χ0v) is 16.4. The van der Waals surface area contributed by atoms with Crippen LogP contribution in [0.3, 0.4) is 0 Å². The molecule has 0 aromatic rings. The van der Waals surface area contributed by atoms with Crippen LogP contribution in [0.25, 0.3) is 0 Å². The molecule has 1 aliphatic rings. The van der Waals surface area contributed by atoms with Crippen molar-refractivity contribution in [3.8, 4) is 12.3 Å². The highest BCUT2D eigenvalue weighted by Crippen LogP contribution is 2.25. The van der Waals surface area contributed by atoms with Crippen LogP contribution >= 0.6 is 0 Å². The van der Waals surface area contributed by atoms with Gasteiger partial charge in [-0.3, -0.25) is 14.4 Å². The summed E-state index contributed by atoms with van der Waals surface area (Å²) in [6, 6.07) is 0. The number of likely N-dealkylation sites (N-methyl/N-ethyl adjacent to an activating group) is 1. The Kier molecular flexibility index (Phi) is 8.69. The molecule has 4 atom stereocenters. The zero-order chi connectivity index (χ0) is 20.6. The number of esters is 3. The van der Waals surface area contributed by atoms with E-state index in [1.807, 2.05) is 14.1 Å². The summed E-state index contributed by atoms with van der Waals surface area (Å²) in [5.74, 6) is 0.801. The molecule has 0 amide bonds. The van der Waals surface area contributed by atoms with Crippen molar-refractivity contribution in [2.75, 3.05) is 40.4 Å². The number of carbonyl (C=O) groups excluding carboxylic acids is 3. The van der Waals surface area contributed by atoms with Gasteiger partial charge in [0.05, 0.1) is 27.3 Å². The number of carbonyl (C=O) groups is 3. The molecule has 27 heavy (non-hydrogen) atoms. The minimum Gasteiger partial charge on any atom is -0.456 e. The molecule has 0 spiro atoms. The fourth-order valence-corrected chi connectivity index (χ4v) is 2.59. The van der Waals surface area contributed by atoms with Crippen LogP contribution in [0.4, 0.5) is 0 Å². The second-order valence-electron chi connectivity index (χ2n) is 6.89. The first-order valence-corrected chi connectivity index (χ1v) is 8.56. The average Bonchev–Trinajstić information content (AvgIpc) is 2.50. The van der Waals surface area contributed by atoms with E-state index in [1.165, 1.54) is 20.8 Å². The third-order valence-corrected chi connectivity index (χ3v) is 3.80. The van der Waals surface area contributed by atoms with Gasteiger partial charge in [0, 0.05) is 20.8 Å². The van der Waals surface area contributed by atoms with Gasteiger partial charge in [-0.2, -0.15) is 0 Å². The van der Waals surface area contributed by atoms with Crippen molar-refractivity contribution in [2.24, 2.45) is 0 Å². The molecule has 9 heteroatoms. The smallest absolute Gasteiger partial charge is 0.303 e. The van der Waals surface area contributed by atoms with E-state index < -0.39 is 42.5 Å². The van der Waals surface area contributed by atoms with Crippen LogP contribution in [0.2, 0.25) is 0 Å². The van der Waals surface area contributed by atoms with Gasteiger partial charge in [0.2, 0.25) is 0 Å². The molecule has 0 N–H and O–H groups in total. The summed E-state index contributed by atoms with van der Waals surface area (Å²) in [7, 11) is 3.90. The molecule has 0 unspecified atom stereocenters. The highest BCUT2D eigenvalue weighted by molar-refractivity contribution is 5.68. The van der Waals surface area contributed by atoms with Gasteiger partial charge in [-0.25, -0.2) is 0 Å². The molecule has 0 bridgehead atoms. The molecular formula is C18H28NO8+. The first-order valence-electron chi connectivity index (χ1n) is 8.56. The molecule has 1 aliphatic heterocycles. The molecular weight excluding hydrogens is 358 g/mol. The summed E-state index contributed by atoms with van der Waals surface area (Å²) in [6.45, 7) is 4.95. The molecule has 0 aromatic heterocycles. The molecule has 1 fully saturated rings. The van der Waals surface area contributed by atoms with Gasteiger partial charge in [0.25, 0.3) is 0 Å². The summed E-state index contributed by atoms with van der Waals surface area (Å²) < 4.78 is 27.5. The fourth-order valence-electron chi connectivity index (χ4n) is 2.59. The largest absolute Gasteiger partial charge is 0.456 e. The minimum absolute atomic E-state index is 0.0669. The van der Waals surface area contributed by atoms with Crippen molar-refractivity contribution in [1.82, 2.24) is 0 Å². The molecule has 0 aliphatic carbocycles. The summed E-state index contributed by atoms with van der Waals surface area (Å²) >= 11 is 0. The van der Waals surface area contributed by atoms with E-state index in [0.29, 0.717) is 17.6 Å². The van der Waals surface area contributed by atoms with Crippen LogP contribution in [0.1, 0.15) is 20.8 Å². The highest BCUT2D eigenvalue weighted by Gasteiger charge is 2.47. The van der Waals surface area contributed by atoms with Crippen LogP contribution in [0, 0.1) is 12.3 Å². The Hall–Kier alpha value is -2.15. The number of hydrogen-bond acceptors (Lipinski definition) is 8. The van der Waals surface area contributed by atoms with Crippen molar-refractivity contribution in [2.45, 2.75) is 45.4 Å². The van der Waals surface area contributed by atoms with Crippen molar-refractivity contribution < 1.29 is 42.6 Å². The summed E-state index contributed by atoms with van der Waals surface area (Å²) in [6.07, 6.45) is 1.34. The molecule has 1 heterocycles. The van der Waals surface area contributed by atoms with E-state index in [2.05, 4.69) is 5.92 Å². The molecule has 0 saturated carbocycles. The predicted molar refractivity (Wildman–Crippen MR) is 93.0 cm³/mol. The van der Waals surface area contributed by atoms with Crippen LogP contribution in [0.5, 0.6) is 0 Å². The maximum absolute atomic E-state index is 11.5. The number of hydrogen-bond donors (Lipinski definition) is 0. The minimum atomic E-state index is -1.08. The van der Waals surface area contributed by atoms with Gasteiger partial charge in [-0.05, 0) is 5.92 Å². The summed E-state index contributed by atoms with van der Waals surface area (Å²) in [5, 5.41) is 0. The van der Waals surface area contributed by atoms with Crippen LogP contribution in [-0.4, -0.2) is 87.4 Å². The lowest BCUT2D eigenvalue weighted by Crippen LogP contribution is -2.58. The third kappa shape index (κ3) is 7.95. The van der Waals surface area contributed by atoms with Gasteiger partial charge in [0.15, 0.2) is 24.6 Å². The SMILES string of the molecule is C#CC[N+](C)(C)CCO[C@@H]1OC[C@H](OC(C)=O)[C@H](OC(C)=O)[C@H]1OC(C)=O. The van der Waals surface area contributed by atoms with E-state index in [-0.39, 0.29) is 13.2 Å². The molecule has 9 nitrogen and oxygen atoms in total. The predicted octanol–water partition coefficient (Wildman–Crippen LogP) is -0.136. The summed E-state index contributed by atoms with van der Waals surface area (Å²) in [4.78, 5) is 34.3. The summed E-state index contributed by atoms with van der Waals surface area (Å²) in [5.41, 5.74) is 0. The molecule has 0 aromatic carbocycles. The first kappa shape index (κ1) is 22.9. The Balaban J connectivity index is 2.89. The Labute approximate surface area is 159 Å². The van der Waals surface area contributed by atoms with Crippen LogP contribution < -0.4 is 0 Å². The molecule has 1 saturated heterocycles. The molecule has 0 radical (unpaired) electrons. The molecule has 1 rings (SSSR count). The maximum atomic E-state index is 11.5. The van der Waals surface area contributed by atoms with E-state index in [1.54, 1.807) is 0 Å². The van der Waals surface area contributed by atoms with Crippen LogP contribution in [-0.2, 0) is 38.1 Å². The fraction of sp³-hybridized carbons (Fsp3) is 0.722. The topological polar surface area (TPSA) is 97.4 Å². The standard InChI is InChI=1S/C18H28NO8/c1-7-8-19(5,6)9-10-23-18-17(27-14(4)22)16(26-13(3)21)15(11-24-18)25-12(2)20/h1,15-18H,8-11H2,2-6H3/q+1/t15-,16-,17+,18+/m0/s1. The Morgan fingerprint density at radius 3 is 2.11 bits per heavy atom. The number of nitrogens with zero attached hydrogens (tertiary/aromatic N) is 1.